The molecule has 1 atom stereocenters. The van der Waals surface area contributed by atoms with Crippen LogP contribution in [0.3, 0.4) is 0 Å². The van der Waals surface area contributed by atoms with Crippen LogP contribution in [0.15, 0.2) is 59.5 Å². The lowest BCUT2D eigenvalue weighted by molar-refractivity contribution is -0.384. The molecule has 1 unspecified atom stereocenters. The van der Waals surface area contributed by atoms with Crippen molar-refractivity contribution in [2.24, 2.45) is 0 Å². The summed E-state index contributed by atoms with van der Waals surface area (Å²) in [6.45, 7) is 0. The van der Waals surface area contributed by atoms with Gasteiger partial charge in [-0.3, -0.25) is 19.8 Å². The van der Waals surface area contributed by atoms with Crippen molar-refractivity contribution in [1.82, 2.24) is 4.90 Å². The number of hydrogen-bond acceptors (Lipinski definition) is 7. The molecular formula is C19H14N2O5S2. The van der Waals surface area contributed by atoms with E-state index in [0.29, 0.717) is 11.1 Å². The van der Waals surface area contributed by atoms with Gasteiger partial charge in [-0.25, -0.2) is 4.79 Å². The number of hydrogen-bond donors (Lipinski definition) is 0. The highest BCUT2D eigenvalue weighted by molar-refractivity contribution is 8.26. The molecule has 0 spiro atoms. The fourth-order valence-corrected chi connectivity index (χ4v) is 4.03. The smallest absolute Gasteiger partial charge is 0.333 e. The zero-order valence-corrected chi connectivity index (χ0v) is 16.2. The Morgan fingerprint density at radius 2 is 1.96 bits per heavy atom. The summed E-state index contributed by atoms with van der Waals surface area (Å²) in [5.41, 5.74) is 0.979. The predicted molar refractivity (Wildman–Crippen MR) is 109 cm³/mol. The summed E-state index contributed by atoms with van der Waals surface area (Å²) in [4.78, 5) is 37.3. The first kappa shape index (κ1) is 19.7. The van der Waals surface area contributed by atoms with Gasteiger partial charge in [0.05, 0.1) is 16.9 Å². The molecule has 28 heavy (non-hydrogen) atoms. The number of nitrogens with zero attached hydrogens (tertiary/aromatic N) is 2. The molecule has 3 rings (SSSR count). The number of methoxy groups -OCH3 is 1. The molecule has 0 bridgehead atoms. The summed E-state index contributed by atoms with van der Waals surface area (Å²) in [5, 5.41) is 10.9. The van der Waals surface area contributed by atoms with E-state index in [0.717, 1.165) is 11.8 Å². The number of benzene rings is 2. The summed E-state index contributed by atoms with van der Waals surface area (Å²) in [6, 6.07) is 13.6. The number of thiocarbonyl (C=S) groups is 1. The van der Waals surface area contributed by atoms with Gasteiger partial charge in [0.25, 0.3) is 11.6 Å². The van der Waals surface area contributed by atoms with E-state index in [1.165, 1.54) is 36.3 Å². The van der Waals surface area contributed by atoms with Crippen LogP contribution in [0, 0.1) is 10.1 Å². The third-order valence-corrected chi connectivity index (χ3v) is 5.33. The molecule has 0 aromatic heterocycles. The fourth-order valence-electron chi connectivity index (χ4n) is 2.72. The Bertz CT molecular complexity index is 991. The van der Waals surface area contributed by atoms with E-state index in [2.05, 4.69) is 0 Å². The van der Waals surface area contributed by atoms with Crippen molar-refractivity contribution in [3.63, 3.8) is 0 Å². The third kappa shape index (κ3) is 3.95. The lowest BCUT2D eigenvalue weighted by Gasteiger charge is -2.24. The van der Waals surface area contributed by atoms with Gasteiger partial charge in [0.2, 0.25) is 0 Å². The number of nitro groups is 1. The first-order chi connectivity index (χ1) is 13.4. The number of rotatable bonds is 5. The van der Waals surface area contributed by atoms with Crippen molar-refractivity contribution in [3.8, 4) is 0 Å². The second kappa shape index (κ2) is 8.32. The Hall–Kier alpha value is -3.04. The average molecular weight is 414 g/mol. The van der Waals surface area contributed by atoms with Crippen molar-refractivity contribution >= 4 is 51.9 Å². The molecule has 7 nitrogen and oxygen atoms in total. The van der Waals surface area contributed by atoms with Crippen molar-refractivity contribution in [2.75, 3.05) is 7.11 Å². The quantitative estimate of drug-likeness (QED) is 0.242. The van der Waals surface area contributed by atoms with E-state index in [-0.39, 0.29) is 14.9 Å². The minimum Gasteiger partial charge on any atom is -0.467 e. The van der Waals surface area contributed by atoms with E-state index in [1.54, 1.807) is 36.4 Å². The van der Waals surface area contributed by atoms with E-state index in [4.69, 9.17) is 17.0 Å². The third-order valence-electron chi connectivity index (χ3n) is 4.00. The first-order valence-corrected chi connectivity index (χ1v) is 9.29. The topological polar surface area (TPSA) is 89.8 Å². The van der Waals surface area contributed by atoms with Crippen LogP contribution in [0.5, 0.6) is 0 Å². The molecule has 9 heteroatoms. The summed E-state index contributed by atoms with van der Waals surface area (Å²) >= 11 is 6.37. The Kier molecular flexibility index (Phi) is 5.86. The summed E-state index contributed by atoms with van der Waals surface area (Å²) in [6.07, 6.45) is 1.52. The molecule has 1 saturated heterocycles. The maximum absolute atomic E-state index is 13.0. The molecule has 1 aliphatic heterocycles. The van der Waals surface area contributed by atoms with Crippen molar-refractivity contribution in [1.29, 1.82) is 0 Å². The van der Waals surface area contributed by atoms with Gasteiger partial charge in [-0.05, 0) is 17.2 Å². The van der Waals surface area contributed by atoms with Gasteiger partial charge in [-0.2, -0.15) is 0 Å². The number of carbonyl (C=O) groups excluding carboxylic acids is 2. The molecule has 0 aliphatic carbocycles. The lowest BCUT2D eigenvalue weighted by Crippen LogP contribution is -2.37. The zero-order valence-electron chi connectivity index (χ0n) is 14.6. The molecule has 0 N–H and O–H groups in total. The van der Waals surface area contributed by atoms with Crippen molar-refractivity contribution < 1.29 is 19.2 Å². The number of ether oxygens (including phenoxy) is 1. The maximum Gasteiger partial charge on any atom is 0.333 e. The van der Waals surface area contributed by atoms with Crippen LogP contribution in [-0.4, -0.2) is 33.1 Å². The van der Waals surface area contributed by atoms with Gasteiger partial charge in [-0.15, -0.1) is 0 Å². The fraction of sp³-hybridized carbons (Fsp3) is 0.105. The molecule has 1 aliphatic rings. The molecule has 2 aromatic carbocycles. The highest BCUT2D eigenvalue weighted by atomic mass is 32.2. The second-order valence-electron chi connectivity index (χ2n) is 5.74. The van der Waals surface area contributed by atoms with E-state index < -0.39 is 22.8 Å². The highest BCUT2D eigenvalue weighted by Crippen LogP contribution is 2.38. The number of non-ortho nitro benzene ring substituents is 1. The summed E-state index contributed by atoms with van der Waals surface area (Å²) in [7, 11) is 1.24. The Labute approximate surface area is 170 Å². The minimum atomic E-state index is -1.00. The van der Waals surface area contributed by atoms with Gasteiger partial charge >= 0.3 is 5.97 Å². The standard InChI is InChI=1S/C19H14N2O5S2/c1-26-18(23)16(13-7-3-2-4-8-13)20-17(22)15(28-19(20)27)11-12-6-5-9-14(10-12)21(24)25/h2-11,16H,1H3/b15-11-. The molecular weight excluding hydrogens is 400 g/mol. The van der Waals surface area contributed by atoms with Gasteiger partial charge in [0, 0.05) is 12.1 Å². The molecule has 1 amide bonds. The molecule has 0 saturated carbocycles. The molecule has 1 heterocycles. The van der Waals surface area contributed by atoms with Crippen LogP contribution in [0.2, 0.25) is 0 Å². The SMILES string of the molecule is COC(=O)C(c1ccccc1)N1C(=O)/C(=C/c2cccc([N+](=O)[O-])c2)SC1=S. The molecule has 2 aromatic rings. The number of carbonyl (C=O) groups is 2. The molecule has 142 valence electrons. The summed E-state index contributed by atoms with van der Waals surface area (Å²) < 4.78 is 5.08. The number of amides is 1. The number of esters is 1. The van der Waals surface area contributed by atoms with Gasteiger partial charge in [0.1, 0.15) is 4.32 Å². The van der Waals surface area contributed by atoms with Crippen LogP contribution in [-0.2, 0) is 14.3 Å². The normalized spacial score (nSPS) is 16.3. The van der Waals surface area contributed by atoms with Crippen LogP contribution in [0.1, 0.15) is 17.2 Å². The van der Waals surface area contributed by atoms with Gasteiger partial charge in [0.15, 0.2) is 6.04 Å². The second-order valence-corrected chi connectivity index (χ2v) is 7.42. The molecule has 0 radical (unpaired) electrons. The lowest BCUT2D eigenvalue weighted by atomic mass is 10.1. The van der Waals surface area contributed by atoms with E-state index >= 15 is 0 Å². The van der Waals surface area contributed by atoms with Crippen LogP contribution in [0.25, 0.3) is 6.08 Å². The minimum absolute atomic E-state index is 0.0825. The van der Waals surface area contributed by atoms with Crippen LogP contribution >= 0.6 is 24.0 Å². The number of nitro benzene ring substituents is 1. The Balaban J connectivity index is 1.97. The number of thioether (sulfide) groups is 1. The van der Waals surface area contributed by atoms with Crippen LogP contribution < -0.4 is 0 Å². The average Bonchev–Trinajstić information content (AvgIpc) is 2.97. The molecule has 1 fully saturated rings. The Morgan fingerprint density at radius 3 is 2.61 bits per heavy atom. The highest BCUT2D eigenvalue weighted by Gasteiger charge is 2.41. The van der Waals surface area contributed by atoms with Crippen molar-refractivity contribution in [3.05, 3.63) is 80.7 Å². The monoisotopic (exact) mass is 414 g/mol. The van der Waals surface area contributed by atoms with Gasteiger partial charge < -0.3 is 4.74 Å². The zero-order chi connectivity index (χ0) is 20.3. The summed E-state index contributed by atoms with van der Waals surface area (Å²) in [5.74, 6) is -1.07. The largest absolute Gasteiger partial charge is 0.467 e. The predicted octanol–water partition coefficient (Wildman–Crippen LogP) is 3.71. The Morgan fingerprint density at radius 1 is 1.25 bits per heavy atom. The van der Waals surface area contributed by atoms with E-state index in [9.17, 15) is 19.7 Å². The van der Waals surface area contributed by atoms with Crippen LogP contribution in [0.4, 0.5) is 5.69 Å². The van der Waals surface area contributed by atoms with E-state index in [1.807, 2.05) is 0 Å². The van der Waals surface area contributed by atoms with Gasteiger partial charge in [-0.1, -0.05) is 66.4 Å². The first-order valence-electron chi connectivity index (χ1n) is 8.06. The van der Waals surface area contributed by atoms with Crippen molar-refractivity contribution in [2.45, 2.75) is 6.04 Å². The maximum atomic E-state index is 13.0.